The average molecular weight is 361 g/mol. The lowest BCUT2D eigenvalue weighted by molar-refractivity contribution is -0.0498. The topological polar surface area (TPSA) is 45.7 Å². The predicted octanol–water partition coefficient (Wildman–Crippen LogP) is 3.34. The molecule has 1 aliphatic heterocycles. The molecule has 1 aromatic carbocycles. The van der Waals surface area contributed by atoms with Gasteiger partial charge in [-0.2, -0.15) is 8.78 Å². The summed E-state index contributed by atoms with van der Waals surface area (Å²) in [4.78, 5) is 20.9. The van der Waals surface area contributed by atoms with Crippen molar-refractivity contribution in [3.05, 3.63) is 53.9 Å². The zero-order chi connectivity index (χ0) is 18.5. The summed E-state index contributed by atoms with van der Waals surface area (Å²) in [6.45, 7) is 2.03. The van der Waals surface area contributed by atoms with Crippen LogP contribution in [0, 0.1) is 6.92 Å². The van der Waals surface area contributed by atoms with Crippen LogP contribution in [0.2, 0.25) is 0 Å². The summed E-state index contributed by atoms with van der Waals surface area (Å²) in [5.74, 6) is -0.0475. The summed E-state index contributed by atoms with van der Waals surface area (Å²) in [6.07, 6.45) is 4.48. The van der Waals surface area contributed by atoms with Gasteiger partial charge in [-0.3, -0.25) is 9.78 Å². The van der Waals surface area contributed by atoms with Crippen LogP contribution in [0.25, 0.3) is 0 Å². The number of pyridine rings is 1. The molecule has 2 aromatic rings. The highest BCUT2D eigenvalue weighted by atomic mass is 19.3. The van der Waals surface area contributed by atoms with Crippen LogP contribution in [0.5, 0.6) is 5.75 Å². The Balaban J connectivity index is 1.65. The Morgan fingerprint density at radius 2 is 1.88 bits per heavy atom. The van der Waals surface area contributed by atoms with Gasteiger partial charge >= 0.3 is 6.61 Å². The number of hydrogen-bond acceptors (Lipinski definition) is 4. The molecule has 5 nitrogen and oxygen atoms in total. The second-order valence-corrected chi connectivity index (χ2v) is 6.20. The van der Waals surface area contributed by atoms with Gasteiger partial charge in [-0.05, 0) is 49.2 Å². The smallest absolute Gasteiger partial charge is 0.387 e. The number of amides is 1. The van der Waals surface area contributed by atoms with Crippen molar-refractivity contribution in [2.45, 2.75) is 20.0 Å². The number of benzene rings is 1. The maximum absolute atomic E-state index is 12.7. The molecule has 0 saturated carbocycles. The summed E-state index contributed by atoms with van der Waals surface area (Å²) >= 11 is 0. The number of aryl methyl sites for hydroxylation is 1. The molecule has 0 aliphatic carbocycles. The normalized spacial score (nSPS) is 15.1. The summed E-state index contributed by atoms with van der Waals surface area (Å²) in [5.41, 5.74) is 2.73. The Morgan fingerprint density at radius 1 is 1.12 bits per heavy atom. The van der Waals surface area contributed by atoms with Gasteiger partial charge in [-0.25, -0.2) is 0 Å². The zero-order valence-corrected chi connectivity index (χ0v) is 14.6. The van der Waals surface area contributed by atoms with Gasteiger partial charge in [0.05, 0.1) is 0 Å². The molecule has 0 N–H and O–H groups in total. The highest BCUT2D eigenvalue weighted by Gasteiger charge is 2.21. The fourth-order valence-electron chi connectivity index (χ4n) is 3.14. The second-order valence-electron chi connectivity index (χ2n) is 6.20. The number of rotatable bonds is 4. The van der Waals surface area contributed by atoms with Crippen LogP contribution in [-0.4, -0.2) is 48.6 Å². The largest absolute Gasteiger partial charge is 0.435 e. The molecule has 0 spiro atoms. The zero-order valence-electron chi connectivity index (χ0n) is 14.6. The van der Waals surface area contributed by atoms with E-state index < -0.39 is 6.61 Å². The molecule has 0 atom stereocenters. The first-order valence-corrected chi connectivity index (χ1v) is 8.54. The average Bonchev–Trinajstić information content (AvgIpc) is 2.88. The molecular formula is C19H21F2N3O2. The molecule has 26 heavy (non-hydrogen) atoms. The minimum absolute atomic E-state index is 0.0479. The van der Waals surface area contributed by atoms with E-state index in [1.807, 2.05) is 19.2 Å². The minimum Gasteiger partial charge on any atom is -0.435 e. The van der Waals surface area contributed by atoms with E-state index in [9.17, 15) is 13.6 Å². The van der Waals surface area contributed by atoms with E-state index in [-0.39, 0.29) is 11.7 Å². The molecule has 0 unspecified atom stereocenters. The maximum Gasteiger partial charge on any atom is 0.387 e. The molecule has 3 rings (SSSR count). The molecule has 1 saturated heterocycles. The highest BCUT2D eigenvalue weighted by molar-refractivity contribution is 5.94. The van der Waals surface area contributed by atoms with Crippen molar-refractivity contribution in [2.24, 2.45) is 0 Å². The standard InChI is InChI=1S/C19H21F2N3O2/c1-14-13-22-8-7-17(14)23-9-2-10-24(12-11-23)18(25)15-3-5-16(6-4-15)26-19(20)21/h3-8,13,19H,2,9-12H2,1H3. The maximum atomic E-state index is 12.7. The first-order valence-electron chi connectivity index (χ1n) is 8.54. The Kier molecular flexibility index (Phi) is 5.65. The molecule has 1 fully saturated rings. The summed E-state index contributed by atoms with van der Waals surface area (Å²) in [5, 5.41) is 0. The van der Waals surface area contributed by atoms with Crippen LogP contribution < -0.4 is 9.64 Å². The Bertz CT molecular complexity index is 753. The van der Waals surface area contributed by atoms with Gasteiger partial charge in [-0.15, -0.1) is 0 Å². The summed E-state index contributed by atoms with van der Waals surface area (Å²) in [7, 11) is 0. The molecule has 1 aromatic heterocycles. The van der Waals surface area contributed by atoms with Crippen LogP contribution in [0.15, 0.2) is 42.7 Å². The van der Waals surface area contributed by atoms with Crippen molar-refractivity contribution in [3.8, 4) is 5.75 Å². The molecule has 1 aliphatic rings. The number of anilines is 1. The minimum atomic E-state index is -2.87. The lowest BCUT2D eigenvalue weighted by Gasteiger charge is -2.25. The molecule has 7 heteroatoms. The molecule has 0 radical (unpaired) electrons. The second kappa shape index (κ2) is 8.12. The number of hydrogen-bond donors (Lipinski definition) is 0. The number of carbonyl (C=O) groups excluding carboxylic acids is 1. The number of nitrogens with zero attached hydrogens (tertiary/aromatic N) is 3. The number of alkyl halides is 2. The van der Waals surface area contributed by atoms with Gasteiger partial charge in [0, 0.05) is 49.8 Å². The molecule has 0 bridgehead atoms. The monoisotopic (exact) mass is 361 g/mol. The number of carbonyl (C=O) groups is 1. The van der Waals surface area contributed by atoms with Crippen molar-refractivity contribution < 1.29 is 18.3 Å². The van der Waals surface area contributed by atoms with Crippen LogP contribution in [0.4, 0.5) is 14.5 Å². The van der Waals surface area contributed by atoms with Crippen molar-refractivity contribution in [1.82, 2.24) is 9.88 Å². The summed E-state index contributed by atoms with van der Waals surface area (Å²) < 4.78 is 28.7. The van der Waals surface area contributed by atoms with Gasteiger partial charge in [-0.1, -0.05) is 0 Å². The van der Waals surface area contributed by atoms with Crippen molar-refractivity contribution >= 4 is 11.6 Å². The molecular weight excluding hydrogens is 340 g/mol. The van der Waals surface area contributed by atoms with Crippen molar-refractivity contribution in [1.29, 1.82) is 0 Å². The molecule has 2 heterocycles. The van der Waals surface area contributed by atoms with Crippen LogP contribution in [0.1, 0.15) is 22.3 Å². The number of ether oxygens (including phenoxy) is 1. The van der Waals surface area contributed by atoms with Crippen molar-refractivity contribution in [3.63, 3.8) is 0 Å². The van der Waals surface area contributed by atoms with E-state index in [0.29, 0.717) is 18.7 Å². The van der Waals surface area contributed by atoms with Gasteiger partial charge in [0.25, 0.3) is 5.91 Å². The van der Waals surface area contributed by atoms with Gasteiger partial charge < -0.3 is 14.5 Å². The molecule has 1 amide bonds. The third kappa shape index (κ3) is 4.28. The Hall–Kier alpha value is -2.70. The SMILES string of the molecule is Cc1cnccc1N1CCCN(C(=O)c2ccc(OC(F)F)cc2)CC1. The van der Waals surface area contributed by atoms with Gasteiger partial charge in [0.2, 0.25) is 0 Å². The van der Waals surface area contributed by atoms with E-state index in [1.165, 1.54) is 24.3 Å². The van der Waals surface area contributed by atoms with Crippen LogP contribution in [0.3, 0.4) is 0 Å². The lowest BCUT2D eigenvalue weighted by Crippen LogP contribution is -2.35. The first kappa shape index (κ1) is 18.1. The van der Waals surface area contributed by atoms with Crippen LogP contribution in [-0.2, 0) is 0 Å². The van der Waals surface area contributed by atoms with Crippen LogP contribution >= 0.6 is 0 Å². The predicted molar refractivity (Wildman–Crippen MR) is 94.8 cm³/mol. The van der Waals surface area contributed by atoms with Crippen molar-refractivity contribution in [2.75, 3.05) is 31.1 Å². The van der Waals surface area contributed by atoms with E-state index in [2.05, 4.69) is 14.6 Å². The summed E-state index contributed by atoms with van der Waals surface area (Å²) in [6, 6.07) is 7.83. The van der Waals surface area contributed by atoms with E-state index >= 15 is 0 Å². The Labute approximate surface area is 151 Å². The van der Waals surface area contributed by atoms with E-state index in [1.54, 1.807) is 11.1 Å². The highest BCUT2D eigenvalue weighted by Crippen LogP contribution is 2.21. The fraction of sp³-hybridized carbons (Fsp3) is 0.368. The third-order valence-electron chi connectivity index (χ3n) is 4.44. The van der Waals surface area contributed by atoms with Gasteiger partial charge in [0.1, 0.15) is 5.75 Å². The lowest BCUT2D eigenvalue weighted by atomic mass is 10.2. The first-order chi connectivity index (χ1) is 12.5. The number of aromatic nitrogens is 1. The molecule has 138 valence electrons. The Morgan fingerprint density at radius 3 is 2.58 bits per heavy atom. The van der Waals surface area contributed by atoms with E-state index in [4.69, 9.17) is 0 Å². The number of halogens is 2. The third-order valence-corrected chi connectivity index (χ3v) is 4.44. The fourth-order valence-corrected chi connectivity index (χ4v) is 3.14. The van der Waals surface area contributed by atoms with Gasteiger partial charge in [0.15, 0.2) is 0 Å². The van der Waals surface area contributed by atoms with E-state index in [0.717, 1.165) is 30.8 Å². The quantitative estimate of drug-likeness (QED) is 0.838.